The SMILES string of the molecule is CC[PH](=O)[O-].C[S+](C)(C)=O. The van der Waals surface area contributed by atoms with Crippen LogP contribution in [0.3, 0.4) is 0 Å². The molecule has 0 aromatic heterocycles. The Morgan fingerprint density at radius 3 is 1.50 bits per heavy atom. The van der Waals surface area contributed by atoms with Gasteiger partial charge in [-0.2, -0.15) is 0 Å². The average molecular weight is 186 g/mol. The summed E-state index contributed by atoms with van der Waals surface area (Å²) >= 11 is 0. The minimum absolute atomic E-state index is 0.296. The van der Waals surface area contributed by atoms with Crippen molar-refractivity contribution in [1.82, 2.24) is 0 Å². The first-order valence-electron chi connectivity index (χ1n) is 2.86. The van der Waals surface area contributed by atoms with Crippen molar-refractivity contribution >= 4 is 18.0 Å². The van der Waals surface area contributed by atoms with Crippen LogP contribution in [0.4, 0.5) is 0 Å². The van der Waals surface area contributed by atoms with Crippen LogP contribution in [-0.2, 0) is 18.7 Å². The molecule has 0 saturated carbocycles. The van der Waals surface area contributed by atoms with Crippen LogP contribution in [0.5, 0.6) is 0 Å². The average Bonchev–Trinajstić information content (AvgIpc) is 1.61. The van der Waals surface area contributed by atoms with Gasteiger partial charge in [0.15, 0.2) is 0 Å². The van der Waals surface area contributed by atoms with Gasteiger partial charge in [-0.25, -0.2) is 0 Å². The highest BCUT2D eigenvalue weighted by Gasteiger charge is 1.95. The molecule has 0 aliphatic carbocycles. The molecule has 0 fully saturated rings. The predicted molar refractivity (Wildman–Crippen MR) is 45.4 cm³/mol. The lowest BCUT2D eigenvalue weighted by atomic mass is 11.0. The molecule has 64 valence electrons. The van der Waals surface area contributed by atoms with Gasteiger partial charge in [-0.15, -0.1) is 4.21 Å². The molecule has 0 radical (unpaired) electrons. The molecule has 1 unspecified atom stereocenters. The molecule has 3 nitrogen and oxygen atoms in total. The van der Waals surface area contributed by atoms with E-state index in [1.165, 1.54) is 0 Å². The second kappa shape index (κ2) is 6.08. The summed E-state index contributed by atoms with van der Waals surface area (Å²) in [5.74, 6) is 0. The van der Waals surface area contributed by atoms with E-state index < -0.39 is 18.0 Å². The van der Waals surface area contributed by atoms with Crippen molar-refractivity contribution in [2.24, 2.45) is 0 Å². The van der Waals surface area contributed by atoms with Crippen LogP contribution in [0.2, 0.25) is 0 Å². The lowest BCUT2D eigenvalue weighted by molar-refractivity contribution is -0.164. The Kier molecular flexibility index (Phi) is 7.88. The van der Waals surface area contributed by atoms with Gasteiger partial charge in [0.2, 0.25) is 0 Å². The largest absolute Gasteiger partial charge is 0.802 e. The Labute approximate surface area is 64.1 Å². The van der Waals surface area contributed by atoms with Gasteiger partial charge in [-0.05, 0) is 6.16 Å². The van der Waals surface area contributed by atoms with Crippen LogP contribution in [0.15, 0.2) is 0 Å². The molecule has 0 aliphatic rings. The first-order chi connectivity index (χ1) is 4.27. The number of rotatable bonds is 1. The second-order valence-electron chi connectivity index (χ2n) is 2.45. The zero-order valence-electron chi connectivity index (χ0n) is 6.84. The van der Waals surface area contributed by atoms with Crippen LogP contribution in [0.1, 0.15) is 6.92 Å². The molecule has 1 atom stereocenters. The fourth-order valence-electron chi connectivity index (χ4n) is 0. The van der Waals surface area contributed by atoms with Crippen LogP contribution >= 0.6 is 8.03 Å². The van der Waals surface area contributed by atoms with Crippen molar-refractivity contribution in [2.45, 2.75) is 6.92 Å². The minimum Gasteiger partial charge on any atom is -0.802 e. The minimum atomic E-state index is -2.37. The van der Waals surface area contributed by atoms with Crippen molar-refractivity contribution in [1.29, 1.82) is 0 Å². The van der Waals surface area contributed by atoms with Crippen molar-refractivity contribution in [3.63, 3.8) is 0 Å². The maximum Gasteiger partial charge on any atom is 0.101 e. The Balaban J connectivity index is 0. The van der Waals surface area contributed by atoms with Gasteiger partial charge in [0, 0.05) is 8.03 Å². The third-order valence-corrected chi connectivity index (χ3v) is 0.866. The van der Waals surface area contributed by atoms with E-state index in [1.54, 1.807) is 25.7 Å². The van der Waals surface area contributed by atoms with E-state index in [4.69, 9.17) is 0 Å². The van der Waals surface area contributed by atoms with Crippen molar-refractivity contribution in [3.05, 3.63) is 0 Å². The monoisotopic (exact) mass is 186 g/mol. The molecule has 0 aliphatic heterocycles. The Bertz CT molecular complexity index is 132. The number of hydrogen-bond acceptors (Lipinski definition) is 3. The van der Waals surface area contributed by atoms with E-state index in [1.807, 2.05) is 0 Å². The molecule has 0 N–H and O–H groups in total. The molecule has 0 amide bonds. The van der Waals surface area contributed by atoms with Gasteiger partial charge in [0.25, 0.3) is 0 Å². The highest BCUT2D eigenvalue weighted by molar-refractivity contribution is 8.00. The molecule has 0 aromatic carbocycles. The fourth-order valence-corrected chi connectivity index (χ4v) is 0. The number of hydrogen-bond donors (Lipinski definition) is 0. The first kappa shape index (κ1) is 13.0. The van der Waals surface area contributed by atoms with E-state index in [0.717, 1.165) is 0 Å². The van der Waals surface area contributed by atoms with E-state index >= 15 is 0 Å². The molecule has 0 rings (SSSR count). The topological polar surface area (TPSA) is 57.2 Å². The normalized spacial score (nSPS) is 13.3. The first-order valence-corrected chi connectivity index (χ1v) is 7.17. The van der Waals surface area contributed by atoms with Crippen molar-refractivity contribution < 1.29 is 13.7 Å². The molecule has 10 heavy (non-hydrogen) atoms. The van der Waals surface area contributed by atoms with Crippen molar-refractivity contribution in [3.8, 4) is 0 Å². The smallest absolute Gasteiger partial charge is 0.101 e. The third kappa shape index (κ3) is 82.1. The lowest BCUT2D eigenvalue weighted by Crippen LogP contribution is -1.97. The highest BCUT2D eigenvalue weighted by Crippen LogP contribution is 2.01. The maximum absolute atomic E-state index is 10.2. The Morgan fingerprint density at radius 2 is 1.50 bits per heavy atom. The van der Waals surface area contributed by atoms with E-state index in [2.05, 4.69) is 0 Å². The van der Waals surface area contributed by atoms with Crippen LogP contribution < -0.4 is 4.89 Å². The molecule has 0 heterocycles. The highest BCUT2D eigenvalue weighted by atomic mass is 32.2. The molecule has 0 spiro atoms. The molecule has 0 aromatic rings. The quantitative estimate of drug-likeness (QED) is 0.434. The van der Waals surface area contributed by atoms with Crippen LogP contribution in [0.25, 0.3) is 0 Å². The zero-order valence-corrected chi connectivity index (χ0v) is 8.66. The molecule has 0 saturated heterocycles. The van der Waals surface area contributed by atoms with Gasteiger partial charge in [0.05, 0.1) is 9.93 Å². The Hall–Kier alpha value is 0.340. The van der Waals surface area contributed by atoms with E-state index in [9.17, 15) is 13.7 Å². The summed E-state index contributed by atoms with van der Waals surface area (Å²) in [7, 11) is -3.79. The fraction of sp³-hybridized carbons (Fsp3) is 1.00. The third-order valence-electron chi connectivity index (χ3n) is 0.289. The Morgan fingerprint density at radius 1 is 1.40 bits per heavy atom. The van der Waals surface area contributed by atoms with Crippen molar-refractivity contribution in [2.75, 3.05) is 24.9 Å². The maximum atomic E-state index is 10.2. The predicted octanol–water partition coefficient (Wildman–Crippen LogP) is 0.217. The second-order valence-corrected chi connectivity index (χ2v) is 7.35. The summed E-state index contributed by atoms with van der Waals surface area (Å²) in [6.07, 6.45) is 5.44. The van der Waals surface area contributed by atoms with Gasteiger partial charge in [-0.1, -0.05) is 6.92 Å². The van der Waals surface area contributed by atoms with Gasteiger partial charge in [-0.3, -0.25) is 0 Å². The summed E-state index contributed by atoms with van der Waals surface area (Å²) < 4.78 is 19.6. The summed E-state index contributed by atoms with van der Waals surface area (Å²) in [6.45, 7) is 1.62. The summed E-state index contributed by atoms with van der Waals surface area (Å²) in [5.41, 5.74) is 0. The van der Waals surface area contributed by atoms with Crippen LogP contribution in [0, 0.1) is 0 Å². The zero-order chi connectivity index (χ0) is 8.78. The van der Waals surface area contributed by atoms with Gasteiger partial charge < -0.3 is 9.46 Å². The van der Waals surface area contributed by atoms with E-state index in [-0.39, 0.29) is 0 Å². The lowest BCUT2D eigenvalue weighted by Gasteiger charge is -1.93. The van der Waals surface area contributed by atoms with Gasteiger partial charge >= 0.3 is 0 Å². The molecular formula is C5H15O3PS. The summed E-state index contributed by atoms with van der Waals surface area (Å²) in [4.78, 5) is 9.44. The standard InChI is InChI=1S/C3H9OS.C2H7O2P/c1-5(2,3)4;1-2-5(3)4/h1-3H3;5H,2H2,1H3,(H,3,4)/q+1;/p-1. The summed E-state index contributed by atoms with van der Waals surface area (Å²) in [6, 6.07) is 0. The molecule has 5 heteroatoms. The van der Waals surface area contributed by atoms with E-state index in [0.29, 0.717) is 6.16 Å². The van der Waals surface area contributed by atoms with Crippen LogP contribution in [-0.4, -0.2) is 24.9 Å². The molecule has 0 bridgehead atoms. The molecular weight excluding hydrogens is 171 g/mol. The summed E-state index contributed by atoms with van der Waals surface area (Å²) in [5, 5.41) is 0. The van der Waals surface area contributed by atoms with Gasteiger partial charge in [0.1, 0.15) is 18.8 Å².